The minimum Gasteiger partial charge on any atom is -1.00 e. The van der Waals surface area contributed by atoms with Crippen molar-refractivity contribution < 1.29 is 26.5 Å². The van der Waals surface area contributed by atoms with Gasteiger partial charge in [-0.2, -0.15) is 0 Å². The summed E-state index contributed by atoms with van der Waals surface area (Å²) in [6.07, 6.45) is 13.9. The van der Waals surface area contributed by atoms with Gasteiger partial charge in [0.2, 0.25) is 11.8 Å². The topological polar surface area (TPSA) is 49.4 Å². The predicted octanol–water partition coefficient (Wildman–Crippen LogP) is 1.07. The van der Waals surface area contributed by atoms with Crippen LogP contribution in [0.1, 0.15) is 90.9 Å². The molecule has 1 aliphatic heterocycles. The summed E-state index contributed by atoms with van der Waals surface area (Å²) in [6.45, 7) is 8.78. The minimum atomic E-state index is 0. The summed E-state index contributed by atoms with van der Waals surface area (Å²) in [5.41, 5.74) is 0. The maximum Gasteiger partial charge on any atom is 0.226 e. The van der Waals surface area contributed by atoms with Crippen molar-refractivity contribution >= 4 is 11.8 Å². The first-order valence-electron chi connectivity index (χ1n) is 11.4. The molecule has 0 saturated carbocycles. The Balaban J connectivity index is 0.00000729. The van der Waals surface area contributed by atoms with Crippen LogP contribution in [0.25, 0.3) is 0 Å². The normalized spacial score (nSPS) is 16.0. The molecule has 2 amide bonds. The van der Waals surface area contributed by atoms with E-state index in [9.17, 15) is 9.59 Å². The van der Waals surface area contributed by atoms with Gasteiger partial charge in [-0.1, -0.05) is 52.4 Å². The fraction of sp³-hybridized carbons (Fsp3) is 0.909. The Morgan fingerprint density at radius 3 is 2.18 bits per heavy atom. The second-order valence-electron chi connectivity index (χ2n) is 8.50. The quantitative estimate of drug-likeness (QED) is 0.301. The lowest BCUT2D eigenvalue weighted by Crippen LogP contribution is -3.00. The number of quaternary nitrogens is 1. The van der Waals surface area contributed by atoms with Gasteiger partial charge in [-0.3, -0.25) is 14.5 Å². The fourth-order valence-corrected chi connectivity index (χ4v) is 3.96. The van der Waals surface area contributed by atoms with Crippen molar-refractivity contribution in [3.63, 3.8) is 0 Å². The Labute approximate surface area is 179 Å². The van der Waals surface area contributed by atoms with E-state index in [1.807, 2.05) is 6.92 Å². The molecule has 0 aromatic carbocycles. The lowest BCUT2D eigenvalue weighted by molar-refractivity contribution is -0.918. The van der Waals surface area contributed by atoms with Crippen LogP contribution in [0.4, 0.5) is 0 Å². The summed E-state index contributed by atoms with van der Waals surface area (Å²) in [5.74, 6) is 0.441. The van der Waals surface area contributed by atoms with E-state index in [2.05, 4.69) is 24.2 Å². The van der Waals surface area contributed by atoms with Crippen LogP contribution in [0.3, 0.4) is 0 Å². The SMILES string of the molecule is CCCCCCCCCC[N+](C)(CCCNC(=O)CC)CN1CCCC1=O.[Cl-]. The van der Waals surface area contributed by atoms with Crippen molar-refractivity contribution in [2.24, 2.45) is 0 Å². The van der Waals surface area contributed by atoms with Crippen LogP contribution in [0.15, 0.2) is 0 Å². The molecular formula is C22H44ClN3O2. The number of unbranched alkanes of at least 4 members (excludes halogenated alkanes) is 7. The Morgan fingerprint density at radius 2 is 1.61 bits per heavy atom. The highest BCUT2D eigenvalue weighted by Gasteiger charge is 2.29. The predicted molar refractivity (Wildman–Crippen MR) is 112 cm³/mol. The van der Waals surface area contributed by atoms with E-state index in [1.165, 1.54) is 51.4 Å². The van der Waals surface area contributed by atoms with Gasteiger partial charge in [0.15, 0.2) is 6.67 Å². The second kappa shape index (κ2) is 16.0. The summed E-state index contributed by atoms with van der Waals surface area (Å²) in [6, 6.07) is 0. The van der Waals surface area contributed by atoms with Gasteiger partial charge < -0.3 is 22.2 Å². The number of amides is 2. The van der Waals surface area contributed by atoms with E-state index in [-0.39, 0.29) is 18.3 Å². The molecule has 5 nitrogen and oxygen atoms in total. The van der Waals surface area contributed by atoms with Gasteiger partial charge in [-0.15, -0.1) is 0 Å². The molecule has 0 bridgehead atoms. The van der Waals surface area contributed by atoms with E-state index in [0.717, 1.165) is 50.2 Å². The summed E-state index contributed by atoms with van der Waals surface area (Å²) in [4.78, 5) is 25.5. The third-order valence-corrected chi connectivity index (χ3v) is 5.75. The van der Waals surface area contributed by atoms with Crippen molar-refractivity contribution in [1.82, 2.24) is 10.2 Å². The molecule has 1 atom stereocenters. The lowest BCUT2D eigenvalue weighted by Gasteiger charge is -2.38. The second-order valence-corrected chi connectivity index (χ2v) is 8.50. The molecule has 1 fully saturated rings. The summed E-state index contributed by atoms with van der Waals surface area (Å²) < 4.78 is 0.920. The van der Waals surface area contributed by atoms with E-state index >= 15 is 0 Å². The first kappa shape index (κ1) is 27.2. The van der Waals surface area contributed by atoms with Gasteiger partial charge in [0.05, 0.1) is 20.1 Å². The van der Waals surface area contributed by atoms with Crippen LogP contribution in [-0.2, 0) is 9.59 Å². The molecule has 6 heteroatoms. The van der Waals surface area contributed by atoms with Gasteiger partial charge >= 0.3 is 0 Å². The maximum absolute atomic E-state index is 12.1. The molecule has 1 unspecified atom stereocenters. The van der Waals surface area contributed by atoms with Gasteiger partial charge in [0.25, 0.3) is 0 Å². The first-order valence-corrected chi connectivity index (χ1v) is 11.4. The van der Waals surface area contributed by atoms with Crippen molar-refractivity contribution in [1.29, 1.82) is 0 Å². The number of rotatable bonds is 16. The van der Waals surface area contributed by atoms with Crippen molar-refractivity contribution in [3.8, 4) is 0 Å². The Morgan fingerprint density at radius 1 is 1.00 bits per heavy atom. The molecular weight excluding hydrogens is 374 g/mol. The number of carbonyl (C=O) groups excluding carboxylic acids is 2. The Hall–Kier alpha value is -0.810. The molecule has 0 spiro atoms. The standard InChI is InChI=1S/C22H43N3O2.ClH/c1-4-6-7-8-9-10-11-12-18-25(3,19-14-16-23-21(26)5-2)20-24-17-13-15-22(24)27;/h4-20H2,1-3H3;1H. The van der Waals surface area contributed by atoms with E-state index in [4.69, 9.17) is 0 Å². The average molecular weight is 418 g/mol. The highest BCUT2D eigenvalue weighted by molar-refractivity contribution is 5.77. The van der Waals surface area contributed by atoms with Crippen LogP contribution in [0.2, 0.25) is 0 Å². The van der Waals surface area contributed by atoms with Gasteiger partial charge in [-0.25, -0.2) is 0 Å². The number of nitrogens with one attached hydrogen (secondary N) is 1. The van der Waals surface area contributed by atoms with Gasteiger partial charge in [0.1, 0.15) is 0 Å². The zero-order valence-electron chi connectivity index (χ0n) is 18.6. The number of hydrogen-bond acceptors (Lipinski definition) is 2. The first-order chi connectivity index (χ1) is 13.0. The molecule has 28 heavy (non-hydrogen) atoms. The number of hydrogen-bond donors (Lipinski definition) is 1. The smallest absolute Gasteiger partial charge is 0.226 e. The Kier molecular flexibility index (Phi) is 15.6. The van der Waals surface area contributed by atoms with Gasteiger partial charge in [0, 0.05) is 32.4 Å². The van der Waals surface area contributed by atoms with Crippen LogP contribution in [0, 0.1) is 0 Å². The lowest BCUT2D eigenvalue weighted by atomic mass is 10.1. The van der Waals surface area contributed by atoms with E-state index in [0.29, 0.717) is 18.7 Å². The summed E-state index contributed by atoms with van der Waals surface area (Å²) in [7, 11) is 2.29. The van der Waals surface area contributed by atoms with Crippen molar-refractivity contribution in [3.05, 3.63) is 0 Å². The van der Waals surface area contributed by atoms with Gasteiger partial charge in [-0.05, 0) is 19.3 Å². The molecule has 1 rings (SSSR count). The van der Waals surface area contributed by atoms with Crippen LogP contribution in [0.5, 0.6) is 0 Å². The summed E-state index contributed by atoms with van der Waals surface area (Å²) in [5, 5.41) is 2.98. The highest BCUT2D eigenvalue weighted by Crippen LogP contribution is 2.17. The van der Waals surface area contributed by atoms with E-state index < -0.39 is 0 Å². The van der Waals surface area contributed by atoms with Crippen LogP contribution >= 0.6 is 0 Å². The monoisotopic (exact) mass is 417 g/mol. The molecule has 0 aliphatic carbocycles. The summed E-state index contributed by atoms with van der Waals surface area (Å²) >= 11 is 0. The van der Waals surface area contributed by atoms with Crippen molar-refractivity contribution in [2.75, 3.05) is 39.9 Å². The third-order valence-electron chi connectivity index (χ3n) is 5.75. The van der Waals surface area contributed by atoms with E-state index in [1.54, 1.807) is 0 Å². The molecule has 1 aliphatic rings. The highest BCUT2D eigenvalue weighted by atomic mass is 35.5. The van der Waals surface area contributed by atoms with Crippen molar-refractivity contribution in [2.45, 2.75) is 90.9 Å². The number of likely N-dealkylation sites (tertiary alicyclic amines) is 1. The average Bonchev–Trinajstić information content (AvgIpc) is 3.05. The molecule has 1 heterocycles. The molecule has 0 radical (unpaired) electrons. The molecule has 1 saturated heterocycles. The zero-order valence-corrected chi connectivity index (χ0v) is 19.4. The minimum absolute atomic E-state index is 0. The number of halogens is 1. The third kappa shape index (κ3) is 11.9. The maximum atomic E-state index is 12.1. The molecule has 0 aromatic rings. The fourth-order valence-electron chi connectivity index (χ4n) is 3.96. The largest absolute Gasteiger partial charge is 1.00 e. The Bertz CT molecular complexity index is 434. The molecule has 166 valence electrons. The zero-order chi connectivity index (χ0) is 20.0. The van der Waals surface area contributed by atoms with Crippen LogP contribution < -0.4 is 17.7 Å². The number of carbonyl (C=O) groups is 2. The molecule has 0 aromatic heterocycles. The van der Waals surface area contributed by atoms with Crippen LogP contribution in [-0.4, -0.2) is 61.1 Å². The molecule has 1 N–H and O–H groups in total. The number of nitrogens with zero attached hydrogens (tertiary/aromatic N) is 2.